The lowest BCUT2D eigenvalue weighted by molar-refractivity contribution is 0.793. The van der Waals surface area contributed by atoms with Crippen molar-refractivity contribution in [3.63, 3.8) is 0 Å². The third-order valence-electron chi connectivity index (χ3n) is 3.07. The average Bonchev–Trinajstić information content (AvgIpc) is 2.80. The van der Waals surface area contributed by atoms with Crippen LogP contribution in [0.1, 0.15) is 18.1 Å². The fourth-order valence-electron chi connectivity index (χ4n) is 1.97. The molecule has 0 fully saturated rings. The van der Waals surface area contributed by atoms with E-state index in [0.717, 1.165) is 13.0 Å². The molecule has 0 atom stereocenters. The van der Waals surface area contributed by atoms with Gasteiger partial charge in [-0.1, -0.05) is 13.0 Å². The Morgan fingerprint density at radius 2 is 1.83 bits per heavy atom. The van der Waals surface area contributed by atoms with Gasteiger partial charge in [0, 0.05) is 18.9 Å². The first-order chi connectivity index (χ1) is 8.49. The van der Waals surface area contributed by atoms with Crippen molar-refractivity contribution in [2.75, 3.05) is 18.8 Å². The third kappa shape index (κ3) is 3.16. The maximum absolute atomic E-state index is 4.10. The number of nitrogens with zero attached hydrogens (tertiary/aromatic N) is 2. The Morgan fingerprint density at radius 1 is 1.11 bits per heavy atom. The normalized spacial score (nSPS) is 12.7. The first kappa shape index (κ1) is 13.2. The van der Waals surface area contributed by atoms with Crippen LogP contribution in [0.5, 0.6) is 0 Å². The fraction of sp³-hybridized carbons (Fsp3) is 0.400. The smallest absolute Gasteiger partial charge is 0.0949 e. The molecule has 18 heavy (non-hydrogen) atoms. The van der Waals surface area contributed by atoms with Gasteiger partial charge in [0.1, 0.15) is 0 Å². The van der Waals surface area contributed by atoms with Crippen molar-refractivity contribution in [3.05, 3.63) is 48.0 Å². The van der Waals surface area contributed by atoms with Gasteiger partial charge in [-0.15, -0.1) is 0 Å². The molecule has 0 N–H and O–H groups in total. The van der Waals surface area contributed by atoms with Crippen LogP contribution in [0, 0.1) is 0 Å². The van der Waals surface area contributed by atoms with Gasteiger partial charge in [-0.25, -0.2) is 15.0 Å². The van der Waals surface area contributed by atoms with Crippen molar-refractivity contribution in [2.24, 2.45) is 0 Å². The Hall–Kier alpha value is -1.22. The van der Waals surface area contributed by atoms with Crippen LogP contribution in [-0.2, 0) is 13.0 Å². The second-order valence-corrected chi connectivity index (χ2v) is 9.56. The summed E-state index contributed by atoms with van der Waals surface area (Å²) >= 11 is 0. The van der Waals surface area contributed by atoms with Gasteiger partial charge in [0.15, 0.2) is 0 Å². The maximum Gasteiger partial charge on any atom is 0.0949 e. The fourth-order valence-corrected chi connectivity index (χ4v) is 2.98. The molecule has 0 radical (unpaired) electrons. The molecule has 1 aromatic heterocycles. The highest BCUT2D eigenvalue weighted by molar-refractivity contribution is 8.32. The SMILES string of the molecule is CCc1cc(Cn2ccnc2)cc(S(C)(C)C)c1. The van der Waals surface area contributed by atoms with Crippen LogP contribution in [0.15, 0.2) is 41.8 Å². The summed E-state index contributed by atoms with van der Waals surface area (Å²) in [6.07, 6.45) is 13.9. The standard InChI is InChI=1S/C15H22N2S/c1-5-13-8-14(11-17-7-6-16-12-17)10-15(9-13)18(2,3)4/h6-10,12H,5,11H2,1-4H3. The maximum atomic E-state index is 4.10. The predicted octanol–water partition coefficient (Wildman–Crippen LogP) is 3.55. The van der Waals surface area contributed by atoms with E-state index < -0.39 is 10.0 Å². The Bertz CT molecular complexity index is 510. The summed E-state index contributed by atoms with van der Waals surface area (Å²) in [7, 11) is -0.662. The molecule has 0 amide bonds. The van der Waals surface area contributed by atoms with E-state index in [0.29, 0.717) is 0 Å². The minimum absolute atomic E-state index is 0.662. The van der Waals surface area contributed by atoms with Crippen LogP contribution in [0.2, 0.25) is 0 Å². The minimum atomic E-state index is -0.662. The second kappa shape index (κ2) is 5.19. The van der Waals surface area contributed by atoms with Crippen LogP contribution < -0.4 is 0 Å². The topological polar surface area (TPSA) is 17.8 Å². The van der Waals surface area contributed by atoms with Gasteiger partial charge >= 0.3 is 0 Å². The molecule has 3 heteroatoms. The number of imidazole rings is 1. The van der Waals surface area contributed by atoms with Crippen molar-refractivity contribution in [3.8, 4) is 0 Å². The summed E-state index contributed by atoms with van der Waals surface area (Å²) in [6, 6.07) is 7.04. The molecule has 0 saturated heterocycles. The molecular weight excluding hydrogens is 240 g/mol. The van der Waals surface area contributed by atoms with Gasteiger partial charge in [0.25, 0.3) is 0 Å². The molecule has 0 aliphatic carbocycles. The summed E-state index contributed by atoms with van der Waals surface area (Å²) in [4.78, 5) is 5.60. The molecule has 0 bridgehead atoms. The molecule has 0 unspecified atom stereocenters. The summed E-state index contributed by atoms with van der Waals surface area (Å²) in [6.45, 7) is 3.13. The lowest BCUT2D eigenvalue weighted by Gasteiger charge is -2.27. The molecule has 0 saturated carbocycles. The van der Waals surface area contributed by atoms with E-state index in [4.69, 9.17) is 0 Å². The Labute approximate surface area is 111 Å². The van der Waals surface area contributed by atoms with E-state index in [9.17, 15) is 0 Å². The van der Waals surface area contributed by atoms with E-state index in [2.05, 4.69) is 53.4 Å². The molecule has 0 spiro atoms. The van der Waals surface area contributed by atoms with Gasteiger partial charge in [-0.3, -0.25) is 0 Å². The van der Waals surface area contributed by atoms with E-state index in [-0.39, 0.29) is 0 Å². The average molecular weight is 262 g/mol. The summed E-state index contributed by atoms with van der Waals surface area (Å²) in [5, 5.41) is 0. The van der Waals surface area contributed by atoms with Gasteiger partial charge < -0.3 is 4.57 Å². The zero-order chi connectivity index (χ0) is 13.2. The van der Waals surface area contributed by atoms with E-state index in [1.807, 2.05) is 18.7 Å². The van der Waals surface area contributed by atoms with E-state index in [1.165, 1.54) is 16.0 Å². The van der Waals surface area contributed by atoms with Crippen molar-refractivity contribution in [1.29, 1.82) is 0 Å². The van der Waals surface area contributed by atoms with Crippen molar-refractivity contribution < 1.29 is 0 Å². The zero-order valence-electron chi connectivity index (χ0n) is 11.7. The van der Waals surface area contributed by atoms with Crippen LogP contribution >= 0.6 is 10.0 Å². The molecule has 2 aromatic rings. The monoisotopic (exact) mass is 262 g/mol. The van der Waals surface area contributed by atoms with Crippen LogP contribution in [0.4, 0.5) is 0 Å². The number of hydrogen-bond acceptors (Lipinski definition) is 1. The first-order valence-electron chi connectivity index (χ1n) is 6.26. The number of rotatable bonds is 4. The van der Waals surface area contributed by atoms with Crippen LogP contribution in [0.25, 0.3) is 0 Å². The Morgan fingerprint density at radius 3 is 2.39 bits per heavy atom. The largest absolute Gasteiger partial charge is 0.333 e. The first-order valence-corrected chi connectivity index (χ1v) is 9.12. The van der Waals surface area contributed by atoms with E-state index in [1.54, 1.807) is 0 Å². The quantitative estimate of drug-likeness (QED) is 0.824. The van der Waals surface area contributed by atoms with Crippen molar-refractivity contribution >= 4 is 10.0 Å². The highest BCUT2D eigenvalue weighted by atomic mass is 32.3. The number of aryl methyl sites for hydroxylation is 1. The Kier molecular flexibility index (Phi) is 3.81. The summed E-state index contributed by atoms with van der Waals surface area (Å²) in [5.74, 6) is 0. The van der Waals surface area contributed by atoms with Crippen LogP contribution in [-0.4, -0.2) is 28.3 Å². The van der Waals surface area contributed by atoms with Gasteiger partial charge in [0.2, 0.25) is 0 Å². The van der Waals surface area contributed by atoms with Gasteiger partial charge in [-0.2, -0.15) is 0 Å². The molecule has 0 aliphatic rings. The van der Waals surface area contributed by atoms with Gasteiger partial charge in [-0.05, 0) is 53.3 Å². The van der Waals surface area contributed by atoms with Gasteiger partial charge in [0.05, 0.1) is 6.33 Å². The third-order valence-corrected chi connectivity index (χ3v) is 4.72. The highest BCUT2D eigenvalue weighted by Crippen LogP contribution is 2.45. The number of benzene rings is 1. The predicted molar refractivity (Wildman–Crippen MR) is 80.8 cm³/mol. The molecular formula is C15H22N2S. The molecule has 2 rings (SSSR count). The van der Waals surface area contributed by atoms with Crippen LogP contribution in [0.3, 0.4) is 0 Å². The number of hydrogen-bond donors (Lipinski definition) is 0. The lowest BCUT2D eigenvalue weighted by Crippen LogP contribution is -2.01. The molecule has 1 aromatic carbocycles. The molecule has 0 aliphatic heterocycles. The van der Waals surface area contributed by atoms with Crippen molar-refractivity contribution in [2.45, 2.75) is 24.8 Å². The summed E-state index contributed by atoms with van der Waals surface area (Å²) < 4.78 is 2.12. The minimum Gasteiger partial charge on any atom is -0.333 e. The van der Waals surface area contributed by atoms with E-state index >= 15 is 0 Å². The summed E-state index contributed by atoms with van der Waals surface area (Å²) in [5.41, 5.74) is 2.81. The zero-order valence-corrected chi connectivity index (χ0v) is 12.5. The van der Waals surface area contributed by atoms with Crippen molar-refractivity contribution in [1.82, 2.24) is 9.55 Å². The lowest BCUT2D eigenvalue weighted by atomic mass is 10.1. The Balaban J connectivity index is 2.35. The molecule has 1 heterocycles. The molecule has 98 valence electrons. The highest BCUT2D eigenvalue weighted by Gasteiger charge is 2.10. The number of aromatic nitrogens is 2. The second-order valence-electron chi connectivity index (χ2n) is 5.41. The molecule has 2 nitrogen and oxygen atoms in total.